The predicted molar refractivity (Wildman–Crippen MR) is 49.7 cm³/mol. The predicted octanol–water partition coefficient (Wildman–Crippen LogP) is 2.04. The van der Waals surface area contributed by atoms with Crippen LogP contribution >= 0.6 is 0 Å². The molecule has 0 fully saturated rings. The minimum atomic E-state index is -0.422. The van der Waals surface area contributed by atoms with E-state index in [1.807, 2.05) is 24.3 Å². The molecule has 0 aromatic heterocycles. The zero-order valence-corrected chi connectivity index (χ0v) is 6.99. The first-order chi connectivity index (χ1) is 6.31. The van der Waals surface area contributed by atoms with Gasteiger partial charge in [-0.2, -0.15) is 0 Å². The Morgan fingerprint density at radius 3 is 3.00 bits per heavy atom. The molecule has 2 heteroatoms. The van der Waals surface area contributed by atoms with Crippen LogP contribution in [0.2, 0.25) is 0 Å². The van der Waals surface area contributed by atoms with Crippen molar-refractivity contribution in [1.82, 2.24) is 0 Å². The molecule has 0 aromatic carbocycles. The third-order valence-corrected chi connectivity index (χ3v) is 1.91. The lowest BCUT2D eigenvalue weighted by Gasteiger charge is -2.03. The number of carbonyl (C=O) groups is 1. The summed E-state index contributed by atoms with van der Waals surface area (Å²) in [5, 5.41) is 0. The van der Waals surface area contributed by atoms with Gasteiger partial charge in [-0.1, -0.05) is 30.9 Å². The van der Waals surface area contributed by atoms with Crippen LogP contribution in [0, 0.1) is 0 Å². The summed E-state index contributed by atoms with van der Waals surface area (Å²) >= 11 is 0. The van der Waals surface area contributed by atoms with Crippen LogP contribution in [0.25, 0.3) is 0 Å². The summed E-state index contributed by atoms with van der Waals surface area (Å²) in [6.07, 6.45) is 10.7. The van der Waals surface area contributed by atoms with Crippen molar-refractivity contribution >= 4 is 5.97 Å². The third kappa shape index (κ3) is 1.26. The van der Waals surface area contributed by atoms with Crippen molar-refractivity contribution in [2.24, 2.45) is 0 Å². The minimum absolute atomic E-state index is 0.422. The lowest BCUT2D eigenvalue weighted by atomic mass is 10.2. The van der Waals surface area contributed by atoms with E-state index in [1.165, 1.54) is 0 Å². The van der Waals surface area contributed by atoms with Gasteiger partial charge in [0.25, 0.3) is 0 Å². The maximum absolute atomic E-state index is 10.9. The number of esters is 1. The Balaban J connectivity index is 2.14. The molecule has 0 bridgehead atoms. The molecule has 0 atom stereocenters. The number of ether oxygens (including phenoxy) is 1. The van der Waals surface area contributed by atoms with E-state index in [-0.39, 0.29) is 0 Å². The SMILES string of the molecule is C=CC(=O)OC1=CC=C2C=CC=C21. The van der Waals surface area contributed by atoms with Gasteiger partial charge in [-0.15, -0.1) is 0 Å². The molecule has 0 N–H and O–H groups in total. The number of carbonyl (C=O) groups excluding carboxylic acids is 1. The topological polar surface area (TPSA) is 26.3 Å². The van der Waals surface area contributed by atoms with Gasteiger partial charge in [-0.3, -0.25) is 0 Å². The van der Waals surface area contributed by atoms with E-state index in [4.69, 9.17) is 4.74 Å². The van der Waals surface area contributed by atoms with E-state index in [1.54, 1.807) is 6.08 Å². The van der Waals surface area contributed by atoms with E-state index in [0.29, 0.717) is 5.76 Å². The molecule has 0 radical (unpaired) electrons. The Morgan fingerprint density at radius 1 is 1.38 bits per heavy atom. The summed E-state index contributed by atoms with van der Waals surface area (Å²) in [4.78, 5) is 10.9. The van der Waals surface area contributed by atoms with E-state index < -0.39 is 5.97 Å². The second kappa shape index (κ2) is 2.90. The van der Waals surface area contributed by atoms with Crippen LogP contribution in [-0.2, 0) is 9.53 Å². The zero-order valence-electron chi connectivity index (χ0n) is 6.99. The van der Waals surface area contributed by atoms with Crippen LogP contribution in [-0.4, -0.2) is 5.97 Å². The smallest absolute Gasteiger partial charge is 0.335 e. The van der Waals surface area contributed by atoms with Crippen molar-refractivity contribution in [3.63, 3.8) is 0 Å². The number of allylic oxidation sites excluding steroid dienone is 6. The van der Waals surface area contributed by atoms with Crippen LogP contribution in [0.3, 0.4) is 0 Å². The molecule has 0 unspecified atom stereocenters. The second-order valence-corrected chi connectivity index (χ2v) is 2.72. The average Bonchev–Trinajstić information content (AvgIpc) is 2.69. The van der Waals surface area contributed by atoms with Gasteiger partial charge in [0.2, 0.25) is 0 Å². The first-order valence-corrected chi connectivity index (χ1v) is 3.96. The van der Waals surface area contributed by atoms with Crippen LogP contribution in [0.1, 0.15) is 0 Å². The van der Waals surface area contributed by atoms with Crippen LogP contribution < -0.4 is 0 Å². The second-order valence-electron chi connectivity index (χ2n) is 2.72. The van der Waals surface area contributed by atoms with Gasteiger partial charge in [0.15, 0.2) is 0 Å². The van der Waals surface area contributed by atoms with Gasteiger partial charge in [-0.25, -0.2) is 4.79 Å². The number of fused-ring (bicyclic) bond motifs is 1. The quantitative estimate of drug-likeness (QED) is 0.470. The monoisotopic (exact) mass is 172 g/mol. The molecule has 13 heavy (non-hydrogen) atoms. The van der Waals surface area contributed by atoms with Crippen LogP contribution in [0.5, 0.6) is 0 Å². The van der Waals surface area contributed by atoms with Gasteiger partial charge in [0.1, 0.15) is 5.76 Å². The summed E-state index contributed by atoms with van der Waals surface area (Å²) < 4.78 is 5.02. The molecule has 0 spiro atoms. The summed E-state index contributed by atoms with van der Waals surface area (Å²) in [6.45, 7) is 3.33. The lowest BCUT2D eigenvalue weighted by Crippen LogP contribution is -2.00. The normalized spacial score (nSPS) is 17.4. The molecule has 2 rings (SSSR count). The summed E-state index contributed by atoms with van der Waals surface area (Å²) in [7, 11) is 0. The van der Waals surface area contributed by atoms with Crippen molar-refractivity contribution < 1.29 is 9.53 Å². The van der Waals surface area contributed by atoms with Crippen LogP contribution in [0.4, 0.5) is 0 Å². The molecule has 0 saturated carbocycles. The van der Waals surface area contributed by atoms with Gasteiger partial charge >= 0.3 is 5.97 Å². The first kappa shape index (κ1) is 7.80. The molecule has 0 amide bonds. The molecular formula is C11H8O2. The fourth-order valence-electron chi connectivity index (χ4n) is 1.30. The Labute approximate surface area is 76.2 Å². The van der Waals surface area contributed by atoms with Crippen molar-refractivity contribution in [2.45, 2.75) is 0 Å². The summed E-state index contributed by atoms with van der Waals surface area (Å²) in [5.41, 5.74) is 2.06. The largest absolute Gasteiger partial charge is 0.423 e. The number of hydrogen-bond donors (Lipinski definition) is 0. The van der Waals surface area contributed by atoms with E-state index in [0.717, 1.165) is 17.2 Å². The zero-order chi connectivity index (χ0) is 9.26. The van der Waals surface area contributed by atoms with E-state index in [2.05, 4.69) is 6.58 Å². The highest BCUT2D eigenvalue weighted by atomic mass is 16.5. The highest BCUT2D eigenvalue weighted by Gasteiger charge is 2.18. The first-order valence-electron chi connectivity index (χ1n) is 3.96. The van der Waals surface area contributed by atoms with Crippen LogP contribution in [0.15, 0.2) is 59.9 Å². The molecule has 2 aliphatic carbocycles. The fraction of sp³-hybridized carbons (Fsp3) is 0. The molecule has 2 nitrogen and oxygen atoms in total. The molecule has 0 saturated heterocycles. The molecule has 0 aromatic rings. The fourth-order valence-corrected chi connectivity index (χ4v) is 1.30. The molecular weight excluding hydrogens is 164 g/mol. The Morgan fingerprint density at radius 2 is 2.23 bits per heavy atom. The highest BCUT2D eigenvalue weighted by Crippen LogP contribution is 2.31. The Bertz CT molecular complexity index is 392. The molecule has 0 heterocycles. The number of rotatable bonds is 2. The standard InChI is InChI=1S/C11H8O2/c1-2-11(12)13-10-7-6-8-4-3-5-9(8)10/h2-7H,1H2. The van der Waals surface area contributed by atoms with Gasteiger partial charge in [0.05, 0.1) is 0 Å². The Kier molecular flexibility index (Phi) is 1.74. The van der Waals surface area contributed by atoms with Crippen molar-refractivity contribution in [1.29, 1.82) is 0 Å². The molecule has 64 valence electrons. The van der Waals surface area contributed by atoms with Crippen molar-refractivity contribution in [3.05, 3.63) is 59.9 Å². The van der Waals surface area contributed by atoms with Gasteiger partial charge < -0.3 is 4.74 Å². The van der Waals surface area contributed by atoms with Crippen molar-refractivity contribution in [3.8, 4) is 0 Å². The van der Waals surface area contributed by atoms with Gasteiger partial charge in [0, 0.05) is 11.6 Å². The lowest BCUT2D eigenvalue weighted by molar-refractivity contribution is -0.133. The highest BCUT2D eigenvalue weighted by molar-refractivity contribution is 5.83. The van der Waals surface area contributed by atoms with Gasteiger partial charge in [-0.05, 0) is 11.6 Å². The van der Waals surface area contributed by atoms with E-state index in [9.17, 15) is 4.79 Å². The molecule has 0 aliphatic heterocycles. The van der Waals surface area contributed by atoms with Crippen molar-refractivity contribution in [2.75, 3.05) is 0 Å². The molecule has 2 aliphatic rings. The number of hydrogen-bond acceptors (Lipinski definition) is 2. The van der Waals surface area contributed by atoms with E-state index >= 15 is 0 Å². The maximum Gasteiger partial charge on any atom is 0.335 e. The summed E-state index contributed by atoms with van der Waals surface area (Å²) in [6, 6.07) is 0. The average molecular weight is 172 g/mol. The maximum atomic E-state index is 10.9. The third-order valence-electron chi connectivity index (χ3n) is 1.91. The summed E-state index contributed by atoms with van der Waals surface area (Å²) in [5.74, 6) is 0.179. The minimum Gasteiger partial charge on any atom is -0.423 e. The Hall–Kier alpha value is -1.83.